The molecule has 5 nitrogen and oxygen atoms in total. The third kappa shape index (κ3) is 6.91. The van der Waals surface area contributed by atoms with Gasteiger partial charge in [0, 0.05) is 24.7 Å². The van der Waals surface area contributed by atoms with E-state index in [1.165, 1.54) is 6.07 Å². The van der Waals surface area contributed by atoms with Crippen LogP contribution in [0.5, 0.6) is 5.75 Å². The van der Waals surface area contributed by atoms with Gasteiger partial charge in [-0.15, -0.1) is 0 Å². The fourth-order valence-corrected chi connectivity index (χ4v) is 3.92. The van der Waals surface area contributed by atoms with Crippen molar-refractivity contribution >= 4 is 18.1 Å². The van der Waals surface area contributed by atoms with Gasteiger partial charge in [-0.25, -0.2) is 4.98 Å². The Morgan fingerprint density at radius 2 is 1.66 bits per heavy atom. The molecule has 4 rings (SSSR count). The van der Waals surface area contributed by atoms with Crippen LogP contribution in [0.25, 0.3) is 34.5 Å². The Morgan fingerprint density at radius 1 is 0.974 bits per heavy atom. The predicted octanol–water partition coefficient (Wildman–Crippen LogP) is 7.67. The summed E-state index contributed by atoms with van der Waals surface area (Å²) in [6, 6.07) is 20.8. The highest BCUT2D eigenvalue weighted by Crippen LogP contribution is 2.32. The number of aromatic nitrogens is 2. The van der Waals surface area contributed by atoms with Gasteiger partial charge in [-0.3, -0.25) is 4.79 Å². The largest absolute Gasteiger partial charge is 0.494 e. The van der Waals surface area contributed by atoms with Crippen LogP contribution in [-0.2, 0) is 17.5 Å². The molecular weight excluding hydrogens is 493 g/mol. The number of ether oxygens (including phenoxy) is 1. The van der Waals surface area contributed by atoms with Crippen LogP contribution in [0.2, 0.25) is 0 Å². The first-order valence-electron chi connectivity index (χ1n) is 12.2. The number of hydrogen-bond donors (Lipinski definition) is 1. The number of alkyl halides is 3. The van der Waals surface area contributed by atoms with E-state index in [2.05, 4.69) is 4.98 Å². The van der Waals surface area contributed by atoms with Gasteiger partial charge in [0.05, 0.1) is 17.9 Å². The lowest BCUT2D eigenvalue weighted by molar-refractivity contribution is -0.138. The van der Waals surface area contributed by atoms with Crippen LogP contribution in [-0.4, -0.2) is 27.2 Å². The molecule has 1 aromatic heterocycles. The standard InChI is InChI=1S/C30H27F3N2O3/c1-2-35-20-27(24-5-3-6-25(19-24)30(31,32)33)34-28(35)17-10-21-8-11-22(12-9-21)23-13-15-26(16-14-23)38-18-4-7-29(36)37/h3,5-6,8-17,19-20H,2,4,7,18H2,1H3,(H,36,37)/b17-10+. The average molecular weight is 521 g/mol. The molecule has 0 bridgehead atoms. The van der Waals surface area contributed by atoms with E-state index in [1.807, 2.05) is 72.2 Å². The maximum absolute atomic E-state index is 13.1. The summed E-state index contributed by atoms with van der Waals surface area (Å²) in [5.41, 5.74) is 3.21. The lowest BCUT2D eigenvalue weighted by Crippen LogP contribution is -2.04. The predicted molar refractivity (Wildman–Crippen MR) is 142 cm³/mol. The minimum Gasteiger partial charge on any atom is -0.494 e. The van der Waals surface area contributed by atoms with Crippen molar-refractivity contribution < 1.29 is 27.8 Å². The average Bonchev–Trinajstić information content (AvgIpc) is 3.33. The Bertz CT molecular complexity index is 1410. The van der Waals surface area contributed by atoms with E-state index in [9.17, 15) is 18.0 Å². The van der Waals surface area contributed by atoms with Gasteiger partial charge in [0.25, 0.3) is 0 Å². The molecule has 0 spiro atoms. The summed E-state index contributed by atoms with van der Waals surface area (Å²) >= 11 is 0. The fourth-order valence-electron chi connectivity index (χ4n) is 3.92. The van der Waals surface area contributed by atoms with E-state index in [1.54, 1.807) is 12.3 Å². The van der Waals surface area contributed by atoms with Crippen molar-refractivity contribution in [1.29, 1.82) is 0 Å². The van der Waals surface area contributed by atoms with E-state index in [0.29, 0.717) is 42.4 Å². The number of nitrogens with zero attached hydrogens (tertiary/aromatic N) is 2. The zero-order chi connectivity index (χ0) is 27.1. The Balaban J connectivity index is 1.43. The van der Waals surface area contributed by atoms with Gasteiger partial charge in [0.15, 0.2) is 0 Å². The monoisotopic (exact) mass is 520 g/mol. The van der Waals surface area contributed by atoms with Crippen molar-refractivity contribution in [1.82, 2.24) is 9.55 Å². The molecule has 4 aromatic rings. The van der Waals surface area contributed by atoms with E-state index < -0.39 is 17.7 Å². The lowest BCUT2D eigenvalue weighted by atomic mass is 10.0. The van der Waals surface area contributed by atoms with E-state index >= 15 is 0 Å². The molecule has 1 N–H and O–H groups in total. The highest BCUT2D eigenvalue weighted by atomic mass is 19.4. The van der Waals surface area contributed by atoms with Crippen LogP contribution in [0.3, 0.4) is 0 Å². The number of rotatable bonds is 10. The molecule has 196 valence electrons. The molecule has 0 radical (unpaired) electrons. The van der Waals surface area contributed by atoms with Crippen molar-refractivity contribution in [3.63, 3.8) is 0 Å². The summed E-state index contributed by atoms with van der Waals surface area (Å²) < 4.78 is 46.8. The number of aryl methyl sites for hydroxylation is 1. The number of benzene rings is 3. The summed E-state index contributed by atoms with van der Waals surface area (Å²) in [5, 5.41) is 8.69. The van der Waals surface area contributed by atoms with Gasteiger partial charge in [-0.2, -0.15) is 13.2 Å². The molecule has 0 atom stereocenters. The molecule has 0 saturated heterocycles. The lowest BCUT2D eigenvalue weighted by Gasteiger charge is -2.07. The quantitative estimate of drug-likeness (QED) is 0.218. The zero-order valence-corrected chi connectivity index (χ0v) is 20.8. The first-order valence-corrected chi connectivity index (χ1v) is 12.2. The van der Waals surface area contributed by atoms with Gasteiger partial charge >= 0.3 is 12.1 Å². The topological polar surface area (TPSA) is 64.4 Å². The normalized spacial score (nSPS) is 11.7. The molecule has 0 saturated carbocycles. The van der Waals surface area contributed by atoms with Crippen molar-refractivity contribution in [2.75, 3.05) is 6.61 Å². The van der Waals surface area contributed by atoms with E-state index in [0.717, 1.165) is 28.8 Å². The molecule has 0 aliphatic carbocycles. The van der Waals surface area contributed by atoms with E-state index in [-0.39, 0.29) is 6.42 Å². The summed E-state index contributed by atoms with van der Waals surface area (Å²) in [6.45, 7) is 2.93. The summed E-state index contributed by atoms with van der Waals surface area (Å²) in [4.78, 5) is 15.1. The van der Waals surface area contributed by atoms with Gasteiger partial charge < -0.3 is 14.4 Å². The Labute approximate surface area is 218 Å². The van der Waals surface area contributed by atoms with E-state index in [4.69, 9.17) is 9.84 Å². The Morgan fingerprint density at radius 3 is 2.29 bits per heavy atom. The van der Waals surface area contributed by atoms with Crippen LogP contribution in [0.15, 0.2) is 79.0 Å². The summed E-state index contributed by atoms with van der Waals surface area (Å²) in [6.07, 6.45) is 1.66. The number of hydrogen-bond acceptors (Lipinski definition) is 3. The molecule has 0 unspecified atom stereocenters. The molecule has 8 heteroatoms. The molecule has 0 amide bonds. The van der Waals surface area contributed by atoms with Crippen LogP contribution in [0, 0.1) is 0 Å². The van der Waals surface area contributed by atoms with Gasteiger partial charge in [-0.1, -0.05) is 54.6 Å². The highest BCUT2D eigenvalue weighted by Gasteiger charge is 2.30. The smallest absolute Gasteiger partial charge is 0.416 e. The third-order valence-corrected chi connectivity index (χ3v) is 5.96. The first kappa shape index (κ1) is 26.7. The molecule has 0 aliphatic heterocycles. The van der Waals surface area contributed by atoms with Crippen molar-refractivity contribution in [2.45, 2.75) is 32.5 Å². The van der Waals surface area contributed by atoms with Crippen LogP contribution in [0.4, 0.5) is 13.2 Å². The molecule has 0 aliphatic rings. The van der Waals surface area contributed by atoms with Crippen molar-refractivity contribution in [3.05, 3.63) is 95.9 Å². The Kier molecular flexibility index (Phi) is 8.31. The fraction of sp³-hybridized carbons (Fsp3) is 0.200. The second-order valence-corrected chi connectivity index (χ2v) is 8.67. The van der Waals surface area contributed by atoms with Crippen LogP contribution >= 0.6 is 0 Å². The number of aliphatic carboxylic acids is 1. The summed E-state index contributed by atoms with van der Waals surface area (Å²) in [7, 11) is 0. The number of carboxylic acids is 1. The zero-order valence-electron chi connectivity index (χ0n) is 20.8. The molecule has 3 aromatic carbocycles. The molecule has 38 heavy (non-hydrogen) atoms. The number of halogens is 3. The highest BCUT2D eigenvalue weighted by molar-refractivity contribution is 5.72. The van der Waals surface area contributed by atoms with Crippen molar-refractivity contribution in [3.8, 4) is 28.1 Å². The van der Waals surface area contributed by atoms with Gasteiger partial charge in [0.2, 0.25) is 0 Å². The Hall–Kier alpha value is -4.33. The maximum Gasteiger partial charge on any atom is 0.416 e. The maximum atomic E-state index is 13.1. The van der Waals surface area contributed by atoms with Crippen LogP contribution in [0.1, 0.15) is 36.7 Å². The number of carbonyl (C=O) groups is 1. The minimum absolute atomic E-state index is 0.0796. The van der Waals surface area contributed by atoms with Crippen LogP contribution < -0.4 is 4.74 Å². The second-order valence-electron chi connectivity index (χ2n) is 8.67. The SMILES string of the molecule is CCn1cc(-c2cccc(C(F)(F)F)c2)nc1/C=C/c1ccc(-c2ccc(OCCCC(=O)O)cc2)cc1. The second kappa shape index (κ2) is 11.8. The van der Waals surface area contributed by atoms with Gasteiger partial charge in [-0.05, 0) is 60.4 Å². The molecular formula is C30H27F3N2O3. The first-order chi connectivity index (χ1) is 18.2. The van der Waals surface area contributed by atoms with Gasteiger partial charge in [0.1, 0.15) is 11.6 Å². The molecule has 0 fully saturated rings. The number of imidazole rings is 1. The minimum atomic E-state index is -4.41. The molecule has 1 heterocycles. The number of carboxylic acid groups (broad SMARTS) is 1. The van der Waals surface area contributed by atoms with Crippen molar-refractivity contribution in [2.24, 2.45) is 0 Å². The third-order valence-electron chi connectivity index (χ3n) is 5.96. The summed E-state index contributed by atoms with van der Waals surface area (Å²) in [5.74, 6) is 0.510.